The minimum atomic E-state index is -0.931. The Morgan fingerprint density at radius 1 is 0.656 bits per heavy atom. The number of aliphatic hydroxyl groups is 4. The minimum Gasteiger partial charge on any atom is -0.512 e. The van der Waals surface area contributed by atoms with Crippen molar-refractivity contribution < 1.29 is 123 Å². The Morgan fingerprint density at radius 2 is 1.09 bits per heavy atom. The van der Waals surface area contributed by atoms with E-state index in [4.69, 9.17) is 143 Å². The number of nitrogen functional groups attached to an aromatic ring is 6. The van der Waals surface area contributed by atoms with Gasteiger partial charge in [0.2, 0.25) is 22.9 Å². The zero-order chi connectivity index (χ0) is 95.1. The number of guanidine groups is 1. The number of nitrogens with zero attached hydrogens (tertiary/aromatic N) is 27. The Bertz CT molecular complexity index is 5740. The summed E-state index contributed by atoms with van der Waals surface area (Å²) in [6, 6.07) is 3.78. The van der Waals surface area contributed by atoms with Gasteiger partial charge in [-0.3, -0.25) is 52.7 Å². The molecule has 0 spiro atoms. The van der Waals surface area contributed by atoms with Gasteiger partial charge in [0.1, 0.15) is 99.5 Å². The van der Waals surface area contributed by atoms with Crippen LogP contribution in [-0.2, 0) is 63.9 Å². The van der Waals surface area contributed by atoms with Crippen LogP contribution in [0.25, 0.3) is 44.7 Å². The molecule has 14 rings (SSSR count). The van der Waals surface area contributed by atoms with Crippen molar-refractivity contribution in [2.75, 3.05) is 58.3 Å². The van der Waals surface area contributed by atoms with Gasteiger partial charge >= 0.3 is 64.8 Å². The summed E-state index contributed by atoms with van der Waals surface area (Å²) in [7, 11) is 8.77. The van der Waals surface area contributed by atoms with Crippen LogP contribution in [0.2, 0.25) is 10.4 Å². The number of anilines is 7. The van der Waals surface area contributed by atoms with Crippen molar-refractivity contribution >= 4 is 171 Å². The van der Waals surface area contributed by atoms with Crippen LogP contribution in [0.1, 0.15) is 99.2 Å². The van der Waals surface area contributed by atoms with E-state index >= 15 is 0 Å². The number of hydrogen-bond acceptors (Lipinski definition) is 48. The number of amides is 1. The average Bonchev–Trinajstić information content (AvgIpc) is 1.63. The summed E-state index contributed by atoms with van der Waals surface area (Å²) in [5.41, 5.74) is 58.0. The van der Waals surface area contributed by atoms with Crippen LogP contribution >= 0.6 is 39.1 Å². The second-order valence-corrected chi connectivity index (χ2v) is 25.9. The van der Waals surface area contributed by atoms with Crippen LogP contribution in [0.5, 0.6) is 0 Å². The summed E-state index contributed by atoms with van der Waals surface area (Å²) in [4.78, 5) is 150. The van der Waals surface area contributed by atoms with Crippen LogP contribution in [0.3, 0.4) is 0 Å². The summed E-state index contributed by atoms with van der Waals surface area (Å²) >= 11 is 14.3. The first-order chi connectivity index (χ1) is 58.8. The van der Waals surface area contributed by atoms with Crippen molar-refractivity contribution in [3.8, 4) is 18.2 Å². The number of aliphatic hydroxyl groups excluding tert-OH is 4. The molecule has 11 aromatic rings. The number of oxime groups is 1. The van der Waals surface area contributed by atoms with Crippen molar-refractivity contribution in [1.29, 1.82) is 21.0 Å². The largest absolute Gasteiger partial charge is 1.00 e. The van der Waals surface area contributed by atoms with Gasteiger partial charge in [-0.15, -0.1) is 5.34 Å². The number of hydrogen-bond donors (Lipinski definition) is 19. The zero-order valence-electron chi connectivity index (χ0n) is 70.2. The third-order valence-corrected chi connectivity index (χ3v) is 16.6. The number of primary amides is 1. The van der Waals surface area contributed by atoms with Crippen molar-refractivity contribution in [2.24, 2.45) is 73.7 Å². The van der Waals surface area contributed by atoms with Crippen molar-refractivity contribution in [3.63, 3.8) is 0 Å². The predicted octanol–water partition coefficient (Wildman–Crippen LogP) is -8.36. The molecule has 3 aliphatic rings. The van der Waals surface area contributed by atoms with E-state index in [1.54, 1.807) is 79.7 Å². The third kappa shape index (κ3) is 35.0. The molecule has 63 heteroatoms. The smallest absolute Gasteiger partial charge is 0.512 e. The number of fused-ring (bicyclic) bond motifs is 5. The maximum absolute atomic E-state index is 11.1. The molecule has 8 unspecified atom stereocenters. The maximum atomic E-state index is 11.1. The van der Waals surface area contributed by atoms with E-state index < -0.39 is 77.7 Å². The van der Waals surface area contributed by atoms with E-state index in [0.29, 0.717) is 92.0 Å². The maximum Gasteiger partial charge on any atom is 1.00 e. The van der Waals surface area contributed by atoms with E-state index in [1.165, 1.54) is 63.6 Å². The fraction of sp³-hybridized carbons (Fsp3) is 0.369. The van der Waals surface area contributed by atoms with Crippen molar-refractivity contribution in [1.82, 2.24) is 113 Å². The molecule has 8 atom stereocenters. The predicted molar refractivity (Wildman–Crippen MR) is 453 cm³/mol. The van der Waals surface area contributed by atoms with E-state index in [-0.39, 0.29) is 153 Å². The van der Waals surface area contributed by atoms with Crippen LogP contribution in [0.4, 0.5) is 41.0 Å². The number of ether oxygens (including phenoxy) is 2. The Morgan fingerprint density at radius 3 is 1.47 bits per heavy atom. The van der Waals surface area contributed by atoms with Crippen LogP contribution < -0.4 is 139 Å². The number of ketones is 5. The molecule has 0 radical (unpaired) electrons. The fourth-order valence-corrected chi connectivity index (χ4v) is 9.74. The molecule has 1 amide bonds. The number of aromatic nitrogens is 22. The molecule has 31 N–H and O–H groups in total. The Labute approximate surface area is 785 Å². The number of nitriles is 3. The van der Waals surface area contributed by atoms with Crippen LogP contribution in [0.15, 0.2) is 69.4 Å². The molecule has 678 valence electrons. The Hall–Kier alpha value is -13.1. The van der Waals surface area contributed by atoms with Gasteiger partial charge in [-0.25, -0.2) is 49.7 Å². The SMILES string of the molecule is CC(=O)/C(C#N)=N/O.CC(=O)C(N)C#N.CC(=O)CBr.CC(=O)CC#N.CC(=O)c1ncn(C)c1N.Cn1cnc(C(N)=O)c1N.Cn1cnc2c(=O)[nH]c(=O)[nH]c21.Cn1cnc2c(Cl)nc(Cl)nc21.Cn1cnc2c(N)nc(N)nc21.N.NC1=NC(N)c2ncn(C3CC(O)C(CO)O3)c2N1.Nc1nc(N)c2ncn(C3CC(O)C(CO)O3)c2n1.O=N[O-].[C-]#N.[Na+].[Na+]. The molecule has 2 saturated heterocycles. The number of carbonyl (C=O) groups excluding carboxylic acids is 6. The second-order valence-electron chi connectivity index (χ2n) is 24.6. The minimum absolute atomic E-state index is 0. The number of aliphatic imine (C=N–C) groups is 1. The van der Waals surface area contributed by atoms with Gasteiger partial charge in [-0.2, -0.15) is 40.7 Å². The van der Waals surface area contributed by atoms with Crippen LogP contribution in [0, 0.1) is 55.9 Å². The number of nitrogens with two attached hydrogens (primary N) is 10. The third-order valence-electron chi connectivity index (χ3n) is 15.4. The molecule has 3 aliphatic heterocycles. The number of alkyl halides is 1. The van der Waals surface area contributed by atoms with Gasteiger partial charge in [0.05, 0.1) is 93.6 Å². The molecule has 58 nitrogen and oxygen atoms in total. The van der Waals surface area contributed by atoms with E-state index in [0.717, 1.165) is 12.3 Å². The molecule has 128 heavy (non-hydrogen) atoms. The van der Waals surface area contributed by atoms with Crippen molar-refractivity contribution in [2.45, 2.75) is 103 Å². The first-order valence-electron chi connectivity index (χ1n) is 34.5. The van der Waals surface area contributed by atoms with Gasteiger partial charge < -0.3 is 149 Å². The topological polar surface area (TPSA) is 969 Å². The van der Waals surface area contributed by atoms with E-state index in [1.807, 2.05) is 14.1 Å². The molecule has 0 saturated carbocycles. The summed E-state index contributed by atoms with van der Waals surface area (Å²) < 4.78 is 22.6. The monoisotopic (exact) mass is 1910 g/mol. The molecule has 0 aliphatic carbocycles. The second kappa shape index (κ2) is 57.5. The summed E-state index contributed by atoms with van der Waals surface area (Å²) in [6.45, 7) is 11.1. The zero-order valence-corrected chi connectivity index (χ0v) is 77.3. The summed E-state index contributed by atoms with van der Waals surface area (Å²) in [5.74, 6) is 0.843. The van der Waals surface area contributed by atoms with E-state index in [2.05, 4.69) is 106 Å². The van der Waals surface area contributed by atoms with Gasteiger partial charge in [0, 0.05) is 61.9 Å². The Balaban J connectivity index is 0. The van der Waals surface area contributed by atoms with Gasteiger partial charge in [0.15, 0.2) is 74.3 Å². The molecule has 0 bridgehead atoms. The first-order valence-corrected chi connectivity index (χ1v) is 36.4. The quantitative estimate of drug-likeness (QED) is 0.00578. The average molecular weight is 1910 g/mol. The molecular formula is C65H88BrCl2N41Na2O17. The number of rotatable bonds is 10. The molecule has 0 aromatic carbocycles. The van der Waals surface area contributed by atoms with Gasteiger partial charge in [-0.1, -0.05) is 32.7 Å². The number of aryl methyl sites for hydroxylation is 5. The number of imidazole rings is 7. The number of nitrogens with one attached hydrogen (secondary N) is 3. The molecule has 11 aromatic heterocycles. The van der Waals surface area contributed by atoms with Crippen LogP contribution in [-0.4, -0.2) is 228 Å². The number of Topliss-reactive ketones (excluding diaryl/α,β-unsaturated/α-hetero) is 5. The number of aromatic amines is 2. The first kappa shape index (κ1) is 117. The molecule has 2 fully saturated rings. The van der Waals surface area contributed by atoms with E-state index in [9.17, 15) is 48.6 Å². The number of H-pyrrole nitrogens is 2. The van der Waals surface area contributed by atoms with Gasteiger partial charge in [-0.05, 0) is 32.4 Å². The van der Waals surface area contributed by atoms with Crippen molar-refractivity contribution in [3.05, 3.63) is 109 Å². The number of halogens is 3. The fourth-order valence-electron chi connectivity index (χ4n) is 9.32. The summed E-state index contributed by atoms with van der Waals surface area (Å²) in [5, 5.41) is 90.6. The standard InChI is InChI=1S/C10H16N6O3.C10H14N6O3.C6H4Cl2N4.C6H8N6.C6H6N4O2.C6H9N3O.C5H8N4O.C4H4N2O2.C4H6N2O.C4H5NO.C3H5BrO.CN.HNO2.H3N.2Na/c2*11-8-7-9(15-10(12)14-8)16(3-13-7)6-1-4(18)5(2-17)19-6;2*1-12-2-9-3-4(7)10-6(8)11-5(3)12;1-10-2-7-3-4(10)8-6(12)9-5(3)11;1-4(10)5-6(7)9(2)3-8-5;1-9-2-8-3(4(9)6)5(7)10;1-3(7)4(2-5)6-8;1-3(7)4(6)2-5;1-4(6)2-3-5;1-3(5)2-4;1-2;2-1-3;;;/h3-6,8,17-18H,1-2,11H2,(H3,12,14,15);3-6,17-18H,1-2H2,(H4,11,12,14,15);2H,1H3;2H,1H3,(H4,7,8,10,11);2H,1H3,(H2,8,9,11,12);3H,7H2,1-2H3;2H,6H2,1H3,(H2,7,10);8H,1H3;4H,6H2,1H3;2H2,1H3;2H2,1H3;;(H,2,3);1H3;;/q;;;;;;;;;;;-1;;;2*+1/p-1/b;;;;;;;6-4+;;;;;;;;. The summed E-state index contributed by atoms with van der Waals surface area (Å²) in [6.07, 6.45) is 7.31. The Kier molecular flexibility index (Phi) is 52.5. The normalized spacial score (nSPS) is 15.6. The molecular weight excluding hydrogens is 1820 g/mol. The molecule has 14 heterocycles. The van der Waals surface area contributed by atoms with Gasteiger partial charge in [0.25, 0.3) is 11.5 Å². The number of carbonyl (C=O) groups is 6.